The number of benzene rings is 1. The van der Waals surface area contributed by atoms with Crippen molar-refractivity contribution in [1.82, 2.24) is 15.3 Å². The van der Waals surface area contributed by atoms with Gasteiger partial charge in [0.2, 0.25) is 5.91 Å². The molecule has 1 heterocycles. The number of H-pyrrole nitrogens is 1. The van der Waals surface area contributed by atoms with Gasteiger partial charge in [-0.05, 0) is 23.6 Å². The molecule has 0 saturated heterocycles. The van der Waals surface area contributed by atoms with Crippen molar-refractivity contribution in [2.24, 2.45) is 11.7 Å². The van der Waals surface area contributed by atoms with Crippen LogP contribution in [0.5, 0.6) is 0 Å². The van der Waals surface area contributed by atoms with Crippen LogP contribution in [0.4, 0.5) is 4.79 Å². The van der Waals surface area contributed by atoms with E-state index < -0.39 is 17.2 Å². The molecule has 0 fully saturated rings. The lowest BCUT2D eigenvalue weighted by molar-refractivity contribution is -0.120. The fourth-order valence-corrected chi connectivity index (χ4v) is 3.17. The minimum atomic E-state index is -0.851. The highest BCUT2D eigenvalue weighted by Gasteiger charge is 2.25. The van der Waals surface area contributed by atoms with Gasteiger partial charge in [0.25, 0.3) is 0 Å². The monoisotopic (exact) mass is 396 g/mol. The van der Waals surface area contributed by atoms with Gasteiger partial charge in [-0.3, -0.25) is 10.1 Å². The quantitative estimate of drug-likeness (QED) is 0.675. The normalized spacial score (nSPS) is 12.2. The number of amides is 3. The molecule has 0 spiro atoms. The van der Waals surface area contributed by atoms with Gasteiger partial charge in [-0.1, -0.05) is 53.7 Å². The minimum Gasteiger partial charge on any atom is -0.351 e. The average Bonchev–Trinajstić information content (AvgIpc) is 2.93. The summed E-state index contributed by atoms with van der Waals surface area (Å²) in [4.78, 5) is 30.4. The predicted octanol–water partition coefficient (Wildman–Crippen LogP) is 3.15. The molecule has 8 heteroatoms. The van der Waals surface area contributed by atoms with E-state index in [9.17, 15) is 9.59 Å². The maximum absolute atomic E-state index is 12.0. The van der Waals surface area contributed by atoms with Gasteiger partial charge in [-0.2, -0.15) is 0 Å². The molecule has 6 nitrogen and oxygen atoms in total. The van der Waals surface area contributed by atoms with Crippen LogP contribution in [0.3, 0.4) is 0 Å². The molecule has 1 atom stereocenters. The number of urea groups is 1. The van der Waals surface area contributed by atoms with E-state index in [0.717, 1.165) is 15.7 Å². The molecule has 1 aromatic carbocycles. The number of rotatable bonds is 5. The molecule has 0 saturated carbocycles. The summed E-state index contributed by atoms with van der Waals surface area (Å²) in [6.07, 6.45) is 1.72. The second-order valence-electron chi connectivity index (χ2n) is 5.24. The molecule has 1 aromatic heterocycles. The highest BCUT2D eigenvalue weighted by molar-refractivity contribution is 9.10. The number of hydrogen-bond donors (Lipinski definition) is 3. The van der Waals surface area contributed by atoms with Gasteiger partial charge in [0.05, 0.1) is 17.1 Å². The van der Waals surface area contributed by atoms with E-state index in [4.69, 9.17) is 5.73 Å². The molecule has 2 aromatic rings. The Morgan fingerprint density at radius 3 is 2.52 bits per heavy atom. The number of nitrogens with zero attached hydrogens (tertiary/aromatic N) is 1. The Hall–Kier alpha value is -1.80. The number of nitrogens with one attached hydrogen (secondary N) is 2. The number of imidazole rings is 1. The Morgan fingerprint density at radius 1 is 1.30 bits per heavy atom. The first kappa shape index (κ1) is 17.6. The Kier molecular flexibility index (Phi) is 5.84. The highest BCUT2D eigenvalue weighted by atomic mass is 79.9. The highest BCUT2D eigenvalue weighted by Crippen LogP contribution is 2.28. The fraction of sp³-hybridized carbons (Fsp3) is 0.267. The molecule has 122 valence electrons. The van der Waals surface area contributed by atoms with Crippen LogP contribution in [0.25, 0.3) is 11.3 Å². The molecule has 1 unspecified atom stereocenters. The van der Waals surface area contributed by atoms with E-state index in [1.54, 1.807) is 6.20 Å². The molecule has 2 rings (SSSR count). The van der Waals surface area contributed by atoms with E-state index in [1.165, 1.54) is 11.8 Å². The van der Waals surface area contributed by atoms with E-state index >= 15 is 0 Å². The number of aromatic nitrogens is 2. The molecular weight excluding hydrogens is 380 g/mol. The van der Waals surface area contributed by atoms with Gasteiger partial charge in [0.1, 0.15) is 0 Å². The van der Waals surface area contributed by atoms with Crippen molar-refractivity contribution in [3.63, 3.8) is 0 Å². The van der Waals surface area contributed by atoms with Crippen molar-refractivity contribution in [3.05, 3.63) is 34.9 Å². The van der Waals surface area contributed by atoms with Crippen LogP contribution in [0.15, 0.2) is 40.1 Å². The zero-order valence-corrected chi connectivity index (χ0v) is 15.1. The molecule has 0 aliphatic rings. The molecule has 0 radical (unpaired) electrons. The van der Waals surface area contributed by atoms with Crippen LogP contribution < -0.4 is 11.1 Å². The Balaban J connectivity index is 2.14. The third-order valence-electron chi connectivity index (χ3n) is 3.06. The second-order valence-corrected chi connectivity index (χ2v) is 7.29. The number of primary amides is 1. The van der Waals surface area contributed by atoms with Crippen molar-refractivity contribution in [1.29, 1.82) is 0 Å². The summed E-state index contributed by atoms with van der Waals surface area (Å²) in [6, 6.07) is 6.97. The van der Waals surface area contributed by atoms with Crippen LogP contribution >= 0.6 is 27.7 Å². The Bertz CT molecular complexity index is 700. The van der Waals surface area contributed by atoms with Gasteiger partial charge in [0, 0.05) is 4.47 Å². The lowest BCUT2D eigenvalue weighted by atomic mass is 10.1. The van der Waals surface area contributed by atoms with Crippen molar-refractivity contribution >= 4 is 39.6 Å². The number of nitrogens with two attached hydrogens (primary N) is 1. The standard InChI is InChI=1S/C15H17BrN4O2S/c1-8(2)12(13(21)20-14(17)22)23-15-18-7-11(19-15)9-3-5-10(16)6-4-9/h3-8,12H,1-2H3,(H,18,19)(H3,17,20,21,22). The second kappa shape index (κ2) is 7.65. The topological polar surface area (TPSA) is 101 Å². The maximum Gasteiger partial charge on any atom is 0.318 e. The average molecular weight is 397 g/mol. The first-order valence-corrected chi connectivity index (χ1v) is 8.62. The van der Waals surface area contributed by atoms with Crippen molar-refractivity contribution in [3.8, 4) is 11.3 Å². The third kappa shape index (κ3) is 4.84. The number of hydrogen-bond acceptors (Lipinski definition) is 4. The van der Waals surface area contributed by atoms with Gasteiger partial charge >= 0.3 is 6.03 Å². The van der Waals surface area contributed by atoms with Crippen LogP contribution in [0, 0.1) is 5.92 Å². The number of carbonyl (C=O) groups excluding carboxylic acids is 2. The summed E-state index contributed by atoms with van der Waals surface area (Å²) < 4.78 is 0.998. The third-order valence-corrected chi connectivity index (χ3v) is 5.03. The first-order valence-electron chi connectivity index (χ1n) is 6.94. The summed E-state index contributed by atoms with van der Waals surface area (Å²) in [5, 5.41) is 2.27. The Labute approximate surface area is 146 Å². The summed E-state index contributed by atoms with van der Waals surface area (Å²) in [7, 11) is 0. The minimum absolute atomic E-state index is 0.0144. The van der Waals surface area contributed by atoms with Crippen LogP contribution in [-0.4, -0.2) is 27.2 Å². The number of imide groups is 1. The fourth-order valence-electron chi connectivity index (χ4n) is 1.94. The molecule has 0 aliphatic carbocycles. The summed E-state index contributed by atoms with van der Waals surface area (Å²) in [6.45, 7) is 3.80. The SMILES string of the molecule is CC(C)C(Sc1ncc(-c2ccc(Br)cc2)[nH]1)C(=O)NC(N)=O. The number of halogens is 1. The van der Waals surface area contributed by atoms with Gasteiger partial charge < -0.3 is 10.7 Å². The van der Waals surface area contributed by atoms with Gasteiger partial charge in [-0.15, -0.1) is 0 Å². The van der Waals surface area contributed by atoms with Crippen LogP contribution in [0.1, 0.15) is 13.8 Å². The maximum atomic E-state index is 12.0. The predicted molar refractivity (Wildman–Crippen MR) is 93.9 cm³/mol. The van der Waals surface area contributed by atoms with Crippen molar-refractivity contribution < 1.29 is 9.59 Å². The first-order chi connectivity index (χ1) is 10.9. The molecular formula is C15H17BrN4O2S. The summed E-state index contributed by atoms with van der Waals surface area (Å²) in [5.74, 6) is -0.403. The summed E-state index contributed by atoms with van der Waals surface area (Å²) >= 11 is 4.67. The van der Waals surface area contributed by atoms with Crippen LogP contribution in [0.2, 0.25) is 0 Å². The van der Waals surface area contributed by atoms with E-state index in [-0.39, 0.29) is 5.92 Å². The lowest BCUT2D eigenvalue weighted by Gasteiger charge is -2.17. The van der Waals surface area contributed by atoms with Crippen molar-refractivity contribution in [2.75, 3.05) is 0 Å². The van der Waals surface area contributed by atoms with Crippen molar-refractivity contribution in [2.45, 2.75) is 24.3 Å². The molecule has 4 N–H and O–H groups in total. The lowest BCUT2D eigenvalue weighted by Crippen LogP contribution is -2.42. The van der Waals surface area contributed by atoms with Crippen LogP contribution in [-0.2, 0) is 4.79 Å². The molecule has 3 amide bonds. The summed E-state index contributed by atoms with van der Waals surface area (Å²) in [5.41, 5.74) is 6.86. The largest absolute Gasteiger partial charge is 0.351 e. The van der Waals surface area contributed by atoms with Gasteiger partial charge in [-0.25, -0.2) is 9.78 Å². The Morgan fingerprint density at radius 2 is 1.96 bits per heavy atom. The molecule has 23 heavy (non-hydrogen) atoms. The number of aromatic amines is 1. The zero-order valence-electron chi connectivity index (χ0n) is 12.7. The smallest absolute Gasteiger partial charge is 0.318 e. The van der Waals surface area contributed by atoms with E-state index in [1.807, 2.05) is 38.1 Å². The number of thioether (sulfide) groups is 1. The van der Waals surface area contributed by atoms with Gasteiger partial charge in [0.15, 0.2) is 5.16 Å². The molecule has 0 bridgehead atoms. The number of carbonyl (C=O) groups is 2. The van der Waals surface area contributed by atoms with E-state index in [2.05, 4.69) is 31.2 Å². The zero-order chi connectivity index (χ0) is 17.0. The molecule has 0 aliphatic heterocycles. The van der Waals surface area contributed by atoms with E-state index in [0.29, 0.717) is 5.16 Å².